The molecule has 0 aliphatic rings. The highest BCUT2D eigenvalue weighted by molar-refractivity contribution is 9.11. The first-order valence-corrected chi connectivity index (χ1v) is 29.2. The number of Topliss-reactive ketones (excluding diaryl/α,β-unsaturated/α-hetero) is 1. The van der Waals surface area contributed by atoms with Crippen molar-refractivity contribution in [2.75, 3.05) is 35.0 Å². The van der Waals surface area contributed by atoms with Crippen LogP contribution in [0.25, 0.3) is 0 Å². The van der Waals surface area contributed by atoms with Crippen molar-refractivity contribution in [2.24, 2.45) is 0 Å². The summed E-state index contributed by atoms with van der Waals surface area (Å²) in [5.74, 6) is 4.68. The van der Waals surface area contributed by atoms with Crippen molar-refractivity contribution < 1.29 is 28.8 Å². The molecular formula is C67H72Br4O6. The Morgan fingerprint density at radius 2 is 0.636 bits per heavy atom. The van der Waals surface area contributed by atoms with Gasteiger partial charge in [-0.25, -0.2) is 0 Å². The van der Waals surface area contributed by atoms with Crippen LogP contribution in [-0.4, -0.2) is 45.9 Å². The predicted molar refractivity (Wildman–Crippen MR) is 333 cm³/mol. The normalized spacial score (nSPS) is 12.1. The highest BCUT2D eigenvalue weighted by atomic mass is 79.9. The van der Waals surface area contributed by atoms with E-state index in [4.69, 9.17) is 18.9 Å². The van der Waals surface area contributed by atoms with E-state index in [9.17, 15) is 9.90 Å². The molecule has 0 fully saturated rings. The maximum absolute atomic E-state index is 11.6. The van der Waals surface area contributed by atoms with E-state index in [1.54, 1.807) is 35.4 Å². The number of carbonyl (C=O) groups excluding carboxylic acids is 1. The van der Waals surface area contributed by atoms with Gasteiger partial charge in [-0.1, -0.05) is 212 Å². The maximum atomic E-state index is 11.6. The van der Waals surface area contributed by atoms with Crippen LogP contribution in [0.3, 0.4) is 0 Å². The van der Waals surface area contributed by atoms with E-state index in [0.29, 0.717) is 24.7 Å². The number of ketones is 1. The largest absolute Gasteiger partial charge is 0.496 e. The van der Waals surface area contributed by atoms with Crippen LogP contribution in [-0.2, 0) is 4.79 Å². The third-order valence-electron chi connectivity index (χ3n) is 13.1. The van der Waals surface area contributed by atoms with Gasteiger partial charge in [0.15, 0.2) is 0 Å². The van der Waals surface area contributed by atoms with Gasteiger partial charge in [0, 0.05) is 76.8 Å². The summed E-state index contributed by atoms with van der Waals surface area (Å²) in [5, 5.41) is 9.34. The highest BCUT2D eigenvalue weighted by Gasteiger charge is 2.22. The Kier molecular flexibility index (Phi) is 27.3. The van der Waals surface area contributed by atoms with E-state index in [1.165, 1.54) is 27.8 Å². The molecule has 0 bridgehead atoms. The Bertz CT molecular complexity index is 2740. The van der Waals surface area contributed by atoms with E-state index in [1.807, 2.05) is 103 Å². The average molecular weight is 1290 g/mol. The number of carbonyl (C=O) groups is 1. The molecule has 0 aliphatic heterocycles. The number of hydrogen-bond donors (Lipinski definition) is 1. The molecule has 1 N–H and O–H groups in total. The van der Waals surface area contributed by atoms with Crippen LogP contribution >= 0.6 is 63.7 Å². The minimum atomic E-state index is 0.0150. The number of aliphatic hydroxyl groups is 1. The van der Waals surface area contributed by atoms with Crippen LogP contribution in [0.4, 0.5) is 0 Å². The molecule has 10 heteroatoms. The Balaban J connectivity index is 0.000000189. The van der Waals surface area contributed by atoms with E-state index < -0.39 is 0 Å². The lowest BCUT2D eigenvalue weighted by Gasteiger charge is -2.20. The van der Waals surface area contributed by atoms with Gasteiger partial charge in [0.1, 0.15) is 28.8 Å². The quantitative estimate of drug-likeness (QED) is 0.0820. The highest BCUT2D eigenvalue weighted by Crippen LogP contribution is 2.40. The minimum Gasteiger partial charge on any atom is -0.496 e. The van der Waals surface area contributed by atoms with Crippen LogP contribution in [0.2, 0.25) is 0 Å². The van der Waals surface area contributed by atoms with Gasteiger partial charge < -0.3 is 24.1 Å². The van der Waals surface area contributed by atoms with Gasteiger partial charge in [-0.2, -0.15) is 0 Å². The molecule has 0 heterocycles. The van der Waals surface area contributed by atoms with Gasteiger partial charge in [-0.05, 0) is 121 Å². The Morgan fingerprint density at radius 1 is 0.390 bits per heavy atom. The van der Waals surface area contributed by atoms with Crippen LogP contribution in [0.1, 0.15) is 127 Å². The summed E-state index contributed by atoms with van der Waals surface area (Å²) in [5.41, 5.74) is 9.64. The second-order valence-electron chi connectivity index (χ2n) is 18.4. The lowest BCUT2D eigenvalue weighted by atomic mass is 9.87. The van der Waals surface area contributed by atoms with Crippen molar-refractivity contribution in [1.82, 2.24) is 0 Å². The number of aliphatic hydroxyl groups excluding tert-OH is 1. The molecule has 0 aliphatic carbocycles. The van der Waals surface area contributed by atoms with E-state index in [2.05, 4.69) is 169 Å². The first-order chi connectivity index (χ1) is 37.4. The smallest absolute Gasteiger partial charge is 0.130 e. The van der Waals surface area contributed by atoms with E-state index >= 15 is 0 Å². The summed E-state index contributed by atoms with van der Waals surface area (Å²) in [7, 11) is 6.80. The van der Waals surface area contributed by atoms with Crippen LogP contribution in [0.15, 0.2) is 212 Å². The summed E-state index contributed by atoms with van der Waals surface area (Å²) < 4.78 is 26.2. The van der Waals surface area contributed by atoms with Crippen LogP contribution in [0.5, 0.6) is 23.0 Å². The first-order valence-electron chi connectivity index (χ1n) is 26.0. The van der Waals surface area contributed by atoms with E-state index in [-0.39, 0.29) is 24.2 Å². The zero-order chi connectivity index (χ0) is 55.5. The molecule has 0 radical (unpaired) electrons. The third-order valence-corrected chi connectivity index (χ3v) is 15.1. The monoisotopic (exact) mass is 1290 g/mol. The second-order valence-corrected chi connectivity index (χ2v) is 22.1. The molecule has 0 aromatic heterocycles. The number of methoxy groups -OCH3 is 4. The minimum absolute atomic E-state index is 0.0150. The molecule has 0 spiro atoms. The Morgan fingerprint density at radius 3 is 0.870 bits per heavy atom. The summed E-state index contributed by atoms with van der Waals surface area (Å²) in [6.07, 6.45) is 5.69. The van der Waals surface area contributed by atoms with Crippen molar-refractivity contribution in [2.45, 2.75) is 83.0 Å². The topological polar surface area (TPSA) is 74.2 Å². The fourth-order valence-corrected chi connectivity index (χ4v) is 11.1. The van der Waals surface area contributed by atoms with Gasteiger partial charge in [-0.3, -0.25) is 4.79 Å². The zero-order valence-electron chi connectivity index (χ0n) is 45.2. The average Bonchev–Trinajstić information content (AvgIpc) is 3.46. The van der Waals surface area contributed by atoms with Crippen molar-refractivity contribution in [3.63, 3.8) is 0 Å². The number of halogens is 4. The first kappa shape index (κ1) is 62.4. The number of benzene rings is 8. The van der Waals surface area contributed by atoms with Crippen LogP contribution in [0, 0.1) is 0 Å². The Labute approximate surface area is 492 Å². The fourth-order valence-electron chi connectivity index (χ4n) is 9.56. The molecule has 0 saturated carbocycles. The zero-order valence-corrected chi connectivity index (χ0v) is 51.6. The molecule has 4 unspecified atom stereocenters. The molecule has 6 nitrogen and oxygen atoms in total. The molecule has 8 rings (SSSR count). The predicted octanol–water partition coefficient (Wildman–Crippen LogP) is 19.3. The van der Waals surface area contributed by atoms with Crippen LogP contribution < -0.4 is 18.9 Å². The Hall–Kier alpha value is -5.49. The van der Waals surface area contributed by atoms with Crippen molar-refractivity contribution in [3.05, 3.63) is 257 Å². The van der Waals surface area contributed by atoms with Gasteiger partial charge in [0.2, 0.25) is 0 Å². The summed E-state index contributed by atoms with van der Waals surface area (Å²) >= 11 is 14.1. The molecule has 404 valence electrons. The molecule has 0 amide bonds. The molecule has 4 atom stereocenters. The summed E-state index contributed by atoms with van der Waals surface area (Å²) in [4.78, 5) is 11.6. The lowest BCUT2D eigenvalue weighted by Crippen LogP contribution is -2.08. The van der Waals surface area contributed by atoms with Gasteiger partial charge >= 0.3 is 0 Å². The number of ether oxygens (including phenoxy) is 4. The lowest BCUT2D eigenvalue weighted by molar-refractivity contribution is -0.117. The molecule has 0 saturated heterocycles. The van der Waals surface area contributed by atoms with Crippen molar-refractivity contribution in [1.29, 1.82) is 0 Å². The van der Waals surface area contributed by atoms with Gasteiger partial charge in [0.25, 0.3) is 0 Å². The summed E-state index contributed by atoms with van der Waals surface area (Å²) in [6, 6.07) is 65.9. The van der Waals surface area contributed by atoms with Gasteiger partial charge in [0.05, 0.1) is 28.4 Å². The molecule has 77 heavy (non-hydrogen) atoms. The standard InChI is InChI=1S/C17H17BrO2.2C17H19BrO.C16H17BrO2/c1-12(19)10-15(13-6-4-3-5-7-13)16-11-14(18)8-9-17(16)20-2;2*1-3-7-15(13-8-5-4-6-9-13)16-12-14(18)10-11-17(16)19-2;1-19-16-8-7-13(17)11-15(16)14(9-10-18)12-5-3-2-4-6-12/h3-9,11,15H,10H2,1-2H3;2*4-6,8-12,15H,3,7H2,1-2H3;2-8,11,14,18H,9-10H2,1H3. The molecule has 8 aromatic carbocycles. The maximum Gasteiger partial charge on any atom is 0.130 e. The fraction of sp³-hybridized carbons (Fsp3) is 0.269. The number of hydrogen-bond acceptors (Lipinski definition) is 6. The molecular weight excluding hydrogens is 1220 g/mol. The van der Waals surface area contributed by atoms with Gasteiger partial charge in [-0.15, -0.1) is 0 Å². The SMILES string of the molecule is CCCC(c1ccccc1)c1cc(Br)ccc1OC.CCCC(c1ccccc1)c1cc(Br)ccc1OC.COc1ccc(Br)cc1C(CC(C)=O)c1ccccc1.COc1ccc(Br)cc1C(CCO)c1ccccc1. The third kappa shape index (κ3) is 19.1. The van der Waals surface area contributed by atoms with Crippen molar-refractivity contribution >= 4 is 69.5 Å². The van der Waals surface area contributed by atoms with Crippen molar-refractivity contribution in [3.8, 4) is 23.0 Å². The summed E-state index contributed by atoms with van der Waals surface area (Å²) in [6.45, 7) is 6.22. The molecule has 8 aromatic rings. The number of rotatable bonds is 20. The second kappa shape index (κ2) is 33.7. The van der Waals surface area contributed by atoms with E-state index in [0.717, 1.165) is 83.3 Å².